The van der Waals surface area contributed by atoms with Crippen molar-refractivity contribution in [1.82, 2.24) is 4.57 Å². The number of hydrogen-bond donors (Lipinski definition) is 0. The zero-order valence-corrected chi connectivity index (χ0v) is 37.8. The number of rotatable bonds is 7. The van der Waals surface area contributed by atoms with Crippen LogP contribution in [0.25, 0.3) is 27.5 Å². The van der Waals surface area contributed by atoms with Crippen LogP contribution in [-0.2, 0) is 20.0 Å². The van der Waals surface area contributed by atoms with E-state index in [-0.39, 0.29) is 48.3 Å². The van der Waals surface area contributed by atoms with Crippen LogP contribution in [0.2, 0.25) is 0 Å². The first-order chi connectivity index (χ1) is 29.4. The SMILES string of the molecule is Cc1cc(F)cc(P(=O)(c2cc(F)cc(F)c2)c2cc(-n3c4ccc(C(C)(C)C)cc4c4cc(C(C)(C)C)ccc43)cc(P(=O)(c3cc(C)cc(F)c3)c3cc(F)cc(F)c3)c2)c1. The third kappa shape index (κ3) is 8.00. The molecule has 7 aromatic carbocycles. The summed E-state index contributed by atoms with van der Waals surface area (Å²) < 4.78 is 127. The van der Waals surface area contributed by atoms with Crippen LogP contribution in [0.15, 0.2) is 127 Å². The minimum absolute atomic E-state index is 0.117. The summed E-state index contributed by atoms with van der Waals surface area (Å²) in [6, 6.07) is 28.8. The lowest BCUT2D eigenvalue weighted by atomic mass is 9.85. The maximum Gasteiger partial charge on any atom is 0.171 e. The smallest absolute Gasteiger partial charge is 0.171 e. The van der Waals surface area contributed by atoms with Crippen molar-refractivity contribution in [1.29, 1.82) is 0 Å². The van der Waals surface area contributed by atoms with E-state index in [1.807, 2.05) is 28.8 Å². The molecule has 0 spiro atoms. The lowest BCUT2D eigenvalue weighted by Gasteiger charge is -2.26. The lowest BCUT2D eigenvalue weighted by molar-refractivity contribution is 0.580. The second kappa shape index (κ2) is 15.6. The molecule has 0 saturated carbocycles. The van der Waals surface area contributed by atoms with E-state index in [1.54, 1.807) is 26.0 Å². The van der Waals surface area contributed by atoms with Crippen molar-refractivity contribution < 1.29 is 35.5 Å². The first kappa shape index (κ1) is 44.0. The predicted molar refractivity (Wildman–Crippen MR) is 246 cm³/mol. The topological polar surface area (TPSA) is 39.1 Å². The molecule has 0 saturated heterocycles. The van der Waals surface area contributed by atoms with Gasteiger partial charge < -0.3 is 13.7 Å². The van der Waals surface area contributed by atoms with Crippen molar-refractivity contribution in [3.8, 4) is 5.69 Å². The highest BCUT2D eigenvalue weighted by atomic mass is 31.2. The molecule has 0 amide bonds. The molecule has 0 aliphatic heterocycles. The van der Waals surface area contributed by atoms with Gasteiger partial charge >= 0.3 is 0 Å². The van der Waals surface area contributed by atoms with Crippen LogP contribution < -0.4 is 31.8 Å². The molecule has 0 aliphatic rings. The summed E-state index contributed by atoms with van der Waals surface area (Å²) in [6.07, 6.45) is 0. The minimum Gasteiger partial charge on any atom is -0.309 e. The van der Waals surface area contributed by atoms with E-state index >= 15 is 35.5 Å². The highest BCUT2D eigenvalue weighted by Gasteiger charge is 2.38. The summed E-state index contributed by atoms with van der Waals surface area (Å²) in [5, 5.41) is 0.596. The zero-order valence-electron chi connectivity index (χ0n) is 36.1. The molecule has 3 nitrogen and oxygen atoms in total. The molecule has 0 N–H and O–H groups in total. The Morgan fingerprint density at radius 3 is 1.00 bits per heavy atom. The van der Waals surface area contributed by atoms with Crippen LogP contribution in [0.5, 0.6) is 0 Å². The van der Waals surface area contributed by atoms with Gasteiger partial charge in [-0.05, 0) is 150 Å². The van der Waals surface area contributed by atoms with Crippen LogP contribution in [0.4, 0.5) is 26.3 Å². The maximum atomic E-state index is 16.4. The second-order valence-electron chi connectivity index (χ2n) is 18.5. The molecular weight excluding hydrogens is 847 g/mol. The van der Waals surface area contributed by atoms with Crippen molar-refractivity contribution in [3.63, 3.8) is 0 Å². The van der Waals surface area contributed by atoms with Gasteiger partial charge in [0.15, 0.2) is 14.3 Å². The first-order valence-corrected chi connectivity index (χ1v) is 23.8. The average Bonchev–Trinajstić information content (AvgIpc) is 3.51. The molecule has 322 valence electrons. The van der Waals surface area contributed by atoms with E-state index in [2.05, 4.69) is 53.7 Å². The van der Waals surface area contributed by atoms with E-state index in [0.717, 1.165) is 58.3 Å². The number of fused-ring (bicyclic) bond motifs is 3. The van der Waals surface area contributed by atoms with Gasteiger partial charge in [-0.2, -0.15) is 0 Å². The molecule has 1 heterocycles. The quantitative estimate of drug-likeness (QED) is 0.118. The van der Waals surface area contributed by atoms with Gasteiger partial charge in [-0.1, -0.05) is 53.7 Å². The molecule has 1 aromatic heterocycles. The van der Waals surface area contributed by atoms with Crippen LogP contribution >= 0.6 is 14.3 Å². The third-order valence-electron chi connectivity index (χ3n) is 11.6. The molecule has 0 radical (unpaired) electrons. The Morgan fingerprint density at radius 1 is 0.381 bits per heavy atom. The monoisotopic (exact) mass is 891 g/mol. The fourth-order valence-corrected chi connectivity index (χ4v) is 14.2. The van der Waals surface area contributed by atoms with Gasteiger partial charge in [-0.3, -0.25) is 0 Å². The molecular formula is C52H45F6NO2P2. The number of aryl methyl sites for hydroxylation is 2. The fourth-order valence-electron chi connectivity index (χ4n) is 8.44. The van der Waals surface area contributed by atoms with E-state index in [0.29, 0.717) is 34.3 Å². The maximum absolute atomic E-state index is 16.4. The van der Waals surface area contributed by atoms with Gasteiger partial charge in [-0.15, -0.1) is 0 Å². The third-order valence-corrected chi connectivity index (χ3v) is 17.5. The highest BCUT2D eigenvalue weighted by molar-refractivity contribution is 7.86. The van der Waals surface area contributed by atoms with E-state index in [9.17, 15) is 0 Å². The van der Waals surface area contributed by atoms with Gasteiger partial charge in [-0.25, -0.2) is 26.3 Å². The van der Waals surface area contributed by atoms with Crippen molar-refractivity contribution in [2.45, 2.75) is 66.2 Å². The second-order valence-corrected chi connectivity index (χ2v) is 24.0. The molecule has 8 rings (SSSR count). The van der Waals surface area contributed by atoms with E-state index in [1.165, 1.54) is 30.3 Å². The number of nitrogens with zero attached hydrogens (tertiary/aromatic N) is 1. The van der Waals surface area contributed by atoms with Gasteiger partial charge in [0.05, 0.1) is 11.0 Å². The minimum atomic E-state index is -4.59. The van der Waals surface area contributed by atoms with Gasteiger partial charge in [0.25, 0.3) is 0 Å². The summed E-state index contributed by atoms with van der Waals surface area (Å²) in [7, 11) is -9.18. The molecule has 11 heteroatoms. The summed E-state index contributed by atoms with van der Waals surface area (Å²) in [5.41, 5.74) is 3.97. The predicted octanol–water partition coefficient (Wildman–Crippen LogP) is 12.1. The largest absolute Gasteiger partial charge is 0.309 e. The summed E-state index contributed by atoms with van der Waals surface area (Å²) >= 11 is 0. The van der Waals surface area contributed by atoms with E-state index in [4.69, 9.17) is 0 Å². The number of aromatic nitrogens is 1. The Labute approximate surface area is 363 Å². The Morgan fingerprint density at radius 2 is 0.683 bits per heavy atom. The fraction of sp³-hybridized carbons (Fsp3) is 0.192. The Balaban J connectivity index is 1.59. The lowest BCUT2D eigenvalue weighted by Crippen LogP contribution is -2.32. The van der Waals surface area contributed by atoms with Crippen molar-refractivity contribution in [3.05, 3.63) is 185 Å². The number of halogens is 6. The summed E-state index contributed by atoms with van der Waals surface area (Å²) in [5.74, 6) is -5.70. The molecule has 2 unspecified atom stereocenters. The molecule has 2 atom stereocenters. The highest BCUT2D eigenvalue weighted by Crippen LogP contribution is 2.48. The summed E-state index contributed by atoms with van der Waals surface area (Å²) in [6.45, 7) is 15.8. The molecule has 0 bridgehead atoms. The molecule has 0 aliphatic carbocycles. The standard InChI is InChI=1S/C52H45F6NO2P2/c1-30-13-34(53)21-41(15-30)62(60,43-23-36(55)19-37(56)24-43)45-27-40(28-46(29-45)63(61,42-16-31(2)14-35(54)22-42)44-25-38(57)20-39(58)26-44)59-49-11-9-32(51(3,4)5)17-47(49)48-18-33(52(6,7)8)10-12-50(48)59/h9-29H,1-8H3. The van der Waals surface area contributed by atoms with Crippen LogP contribution in [-0.4, -0.2) is 4.57 Å². The van der Waals surface area contributed by atoms with E-state index < -0.39 is 49.2 Å². The Bertz CT molecular complexity index is 2870. The van der Waals surface area contributed by atoms with Crippen LogP contribution in [0, 0.1) is 48.8 Å². The Hall–Kier alpha value is -5.62. The molecule has 0 fully saturated rings. The number of hydrogen-bond acceptors (Lipinski definition) is 2. The summed E-state index contributed by atoms with van der Waals surface area (Å²) in [4.78, 5) is 0. The van der Waals surface area contributed by atoms with Gasteiger partial charge in [0.2, 0.25) is 0 Å². The van der Waals surface area contributed by atoms with Crippen molar-refractivity contribution in [2.24, 2.45) is 0 Å². The average molecular weight is 892 g/mol. The normalized spacial score (nSPS) is 14.3. The van der Waals surface area contributed by atoms with Crippen LogP contribution in [0.1, 0.15) is 63.8 Å². The zero-order chi connectivity index (χ0) is 45.6. The van der Waals surface area contributed by atoms with Crippen LogP contribution in [0.3, 0.4) is 0 Å². The molecule has 63 heavy (non-hydrogen) atoms. The first-order valence-electron chi connectivity index (χ1n) is 20.4. The van der Waals surface area contributed by atoms with Crippen molar-refractivity contribution >= 4 is 67.9 Å². The van der Waals surface area contributed by atoms with Crippen molar-refractivity contribution in [2.75, 3.05) is 0 Å². The Kier molecular flexibility index (Phi) is 10.9. The van der Waals surface area contributed by atoms with Gasteiger partial charge in [0.1, 0.15) is 34.9 Å². The molecule has 8 aromatic rings. The van der Waals surface area contributed by atoms with Gasteiger partial charge in [0, 0.05) is 60.4 Å². The number of benzene rings is 7.